The van der Waals surface area contributed by atoms with Crippen molar-refractivity contribution in [2.24, 2.45) is 0 Å². The highest BCUT2D eigenvalue weighted by atomic mass is 16.5. The van der Waals surface area contributed by atoms with Crippen LogP contribution >= 0.6 is 0 Å². The molecule has 2 aromatic heterocycles. The number of fused-ring (bicyclic) bond motifs is 3. The van der Waals surface area contributed by atoms with Gasteiger partial charge in [-0.05, 0) is 61.4 Å². The number of aromatic amines is 1. The van der Waals surface area contributed by atoms with E-state index in [4.69, 9.17) is 9.72 Å². The first-order valence-electron chi connectivity index (χ1n) is 21.1. The molecule has 62 heavy (non-hydrogen) atoms. The van der Waals surface area contributed by atoms with Crippen LogP contribution in [-0.4, -0.2) is 85.6 Å². The summed E-state index contributed by atoms with van der Waals surface area (Å²) < 4.78 is 7.12. The largest absolute Gasteiger partial charge is 0.465 e. The topological polar surface area (TPSA) is 191 Å². The molecule has 2 fully saturated rings. The number of amides is 5. The number of methoxy groups -OCH3 is 1. The van der Waals surface area contributed by atoms with Gasteiger partial charge in [-0.3, -0.25) is 14.4 Å². The van der Waals surface area contributed by atoms with E-state index in [1.165, 1.54) is 12.0 Å². The number of carbonyl (C=O) groups is 5. The number of ether oxygens (including phenoxy) is 1. The molecule has 0 radical (unpaired) electrons. The molecule has 0 spiro atoms. The predicted molar refractivity (Wildman–Crippen MR) is 234 cm³/mol. The highest BCUT2D eigenvalue weighted by Gasteiger charge is 2.39. The van der Waals surface area contributed by atoms with E-state index in [2.05, 4.69) is 44.6 Å². The molecule has 0 saturated carbocycles. The average molecular weight is 839 g/mol. The summed E-state index contributed by atoms with van der Waals surface area (Å²) in [4.78, 5) is 77.4. The van der Waals surface area contributed by atoms with E-state index in [1.807, 2.05) is 60.8 Å². The maximum Gasteiger partial charge on any atom is 0.407 e. The highest BCUT2D eigenvalue weighted by Crippen LogP contribution is 2.37. The fourth-order valence-corrected chi connectivity index (χ4v) is 8.89. The van der Waals surface area contributed by atoms with E-state index in [9.17, 15) is 29.1 Å². The molecule has 5 amide bonds. The standard InChI is InChI=1S/C47H50N8O7/c1-3-4-23-53-38-26-31(35-28-48-42(50-35)36-17-11-24-54(36)45(58)41(52-47(61)62-2)30-15-9-6-10-16-30)19-21-33(38)34-22-20-32(27-39(34)53)49-43(56)37-18-12-25-55(37)44(57)40(51-46(59)60)29-13-7-5-8-14-29/h5-10,13-16,19-22,26-28,36-37,40-41,51H,3-4,11-12,17-18,23-25H2,1-2H3,(H,48,50)(H,49,56)(H,52,61)(H,59,60)/t36-,37-,40+,41+/m0/s1. The number of carbonyl (C=O) groups excluding carboxylic acids is 4. The molecule has 2 aliphatic rings. The van der Waals surface area contributed by atoms with Crippen LogP contribution in [0.15, 0.2) is 103 Å². The lowest BCUT2D eigenvalue weighted by Crippen LogP contribution is -2.48. The monoisotopic (exact) mass is 838 g/mol. The number of likely N-dealkylation sites (tertiary alicyclic amines) is 2. The summed E-state index contributed by atoms with van der Waals surface area (Å²) in [5.41, 5.74) is 5.36. The zero-order chi connectivity index (χ0) is 43.3. The first-order chi connectivity index (χ1) is 30.1. The number of H-pyrrole nitrogens is 1. The van der Waals surface area contributed by atoms with Gasteiger partial charge in [-0.25, -0.2) is 14.6 Å². The van der Waals surface area contributed by atoms with Gasteiger partial charge in [-0.2, -0.15) is 0 Å². The first-order valence-corrected chi connectivity index (χ1v) is 21.1. The number of aryl methyl sites for hydroxylation is 1. The molecule has 4 atom stereocenters. The molecule has 15 heteroatoms. The number of unbranched alkanes of at least 4 members (excludes halogenated alkanes) is 1. The highest BCUT2D eigenvalue weighted by molar-refractivity contribution is 6.10. The quantitative estimate of drug-likeness (QED) is 0.0782. The Balaban J connectivity index is 1.04. The van der Waals surface area contributed by atoms with Gasteiger partial charge in [0.25, 0.3) is 11.8 Å². The lowest BCUT2D eigenvalue weighted by atomic mass is 10.0. The fraction of sp³-hybridized carbons (Fsp3) is 0.319. The summed E-state index contributed by atoms with van der Waals surface area (Å²) in [6.07, 6.45) is 4.33. The summed E-state index contributed by atoms with van der Waals surface area (Å²) >= 11 is 0. The van der Waals surface area contributed by atoms with Crippen molar-refractivity contribution in [3.05, 3.63) is 120 Å². The number of benzene rings is 4. The van der Waals surface area contributed by atoms with Crippen LogP contribution in [0, 0.1) is 0 Å². The van der Waals surface area contributed by atoms with Crippen molar-refractivity contribution < 1.29 is 33.8 Å². The van der Waals surface area contributed by atoms with Crippen LogP contribution in [0.25, 0.3) is 33.1 Å². The molecule has 4 heterocycles. The first kappa shape index (κ1) is 41.6. The van der Waals surface area contributed by atoms with Gasteiger partial charge in [-0.1, -0.05) is 92.2 Å². The smallest absolute Gasteiger partial charge is 0.407 e. The number of hydrogen-bond acceptors (Lipinski definition) is 7. The van der Waals surface area contributed by atoms with Crippen molar-refractivity contribution in [3.8, 4) is 11.3 Å². The molecule has 2 aliphatic heterocycles. The van der Waals surface area contributed by atoms with Crippen molar-refractivity contribution >= 4 is 57.4 Å². The lowest BCUT2D eigenvalue weighted by Gasteiger charge is -2.28. The summed E-state index contributed by atoms with van der Waals surface area (Å²) in [5, 5.41) is 19.7. The van der Waals surface area contributed by atoms with E-state index < -0.39 is 36.2 Å². The van der Waals surface area contributed by atoms with E-state index in [0.717, 1.165) is 58.9 Å². The Kier molecular flexibility index (Phi) is 12.2. The lowest BCUT2D eigenvalue weighted by molar-refractivity contribution is -0.138. The van der Waals surface area contributed by atoms with Crippen LogP contribution in [0.4, 0.5) is 15.3 Å². The van der Waals surface area contributed by atoms with E-state index >= 15 is 0 Å². The number of anilines is 1. The predicted octanol–water partition coefficient (Wildman–Crippen LogP) is 7.68. The Morgan fingerprint density at radius 2 is 1.44 bits per heavy atom. The molecule has 0 bridgehead atoms. The second-order valence-corrected chi connectivity index (χ2v) is 15.8. The Bertz CT molecular complexity index is 2610. The minimum Gasteiger partial charge on any atom is -0.465 e. The Hall–Kier alpha value is -7.16. The summed E-state index contributed by atoms with van der Waals surface area (Å²) in [5.74, 6) is -0.370. The number of rotatable bonds is 13. The zero-order valence-electron chi connectivity index (χ0n) is 34.7. The normalized spacial score (nSPS) is 17.2. The molecule has 4 aromatic carbocycles. The number of imidazole rings is 1. The molecule has 0 unspecified atom stereocenters. The maximum atomic E-state index is 14.1. The Labute approximate surface area is 358 Å². The van der Waals surface area contributed by atoms with Gasteiger partial charge in [0.05, 0.1) is 24.4 Å². The number of nitrogens with zero attached hydrogens (tertiary/aromatic N) is 4. The minimum absolute atomic E-state index is 0.238. The molecule has 8 rings (SSSR count). The van der Waals surface area contributed by atoms with Crippen LogP contribution in [-0.2, 0) is 25.7 Å². The van der Waals surface area contributed by atoms with Gasteiger partial charge >= 0.3 is 12.2 Å². The van der Waals surface area contributed by atoms with Crippen LogP contribution in [0.5, 0.6) is 0 Å². The van der Waals surface area contributed by atoms with Gasteiger partial charge in [0.1, 0.15) is 23.9 Å². The molecule has 15 nitrogen and oxygen atoms in total. The van der Waals surface area contributed by atoms with E-state index in [-0.39, 0.29) is 17.9 Å². The third kappa shape index (κ3) is 8.42. The third-order valence-corrected chi connectivity index (χ3v) is 11.9. The van der Waals surface area contributed by atoms with E-state index in [0.29, 0.717) is 55.0 Å². The summed E-state index contributed by atoms with van der Waals surface area (Å²) in [6, 6.07) is 26.8. The SMILES string of the molecule is CCCCn1c2cc(NC(=O)[C@@H]3CCCN3C(=O)[C@H](NC(=O)O)c3ccccc3)ccc2c2ccc(-c3c[nH]c([C@@H]4CCCN4C(=O)[C@H](NC(=O)OC)c4ccccc4)n3)cc21. The summed E-state index contributed by atoms with van der Waals surface area (Å²) in [6.45, 7) is 3.75. The zero-order valence-corrected chi connectivity index (χ0v) is 34.7. The molecular weight excluding hydrogens is 789 g/mol. The minimum atomic E-state index is -1.32. The Morgan fingerprint density at radius 1 is 0.806 bits per heavy atom. The van der Waals surface area contributed by atoms with Crippen LogP contribution in [0.1, 0.15) is 80.5 Å². The molecule has 2 saturated heterocycles. The molecule has 5 N–H and O–H groups in total. The molecular formula is C47H50N8O7. The molecule has 320 valence electrons. The third-order valence-electron chi connectivity index (χ3n) is 11.9. The maximum absolute atomic E-state index is 14.1. The number of aromatic nitrogens is 3. The number of nitrogens with one attached hydrogen (secondary N) is 4. The fourth-order valence-electron chi connectivity index (χ4n) is 8.89. The van der Waals surface area contributed by atoms with Crippen LogP contribution in [0.3, 0.4) is 0 Å². The van der Waals surface area contributed by atoms with Crippen molar-refractivity contribution in [1.29, 1.82) is 0 Å². The van der Waals surface area contributed by atoms with Gasteiger partial charge in [0, 0.05) is 53.4 Å². The molecule has 0 aliphatic carbocycles. The molecule has 6 aromatic rings. The second-order valence-electron chi connectivity index (χ2n) is 15.8. The number of alkyl carbamates (subject to hydrolysis) is 1. The van der Waals surface area contributed by atoms with Crippen molar-refractivity contribution in [2.45, 2.75) is 76.2 Å². The van der Waals surface area contributed by atoms with Gasteiger partial charge in [0.15, 0.2) is 0 Å². The van der Waals surface area contributed by atoms with Crippen LogP contribution < -0.4 is 16.0 Å². The number of hydrogen-bond donors (Lipinski definition) is 5. The average Bonchev–Trinajstić information content (AvgIpc) is 4.13. The van der Waals surface area contributed by atoms with Crippen molar-refractivity contribution in [3.63, 3.8) is 0 Å². The number of carboxylic acid groups (broad SMARTS) is 1. The van der Waals surface area contributed by atoms with Crippen molar-refractivity contribution in [1.82, 2.24) is 35.0 Å². The van der Waals surface area contributed by atoms with Crippen LogP contribution in [0.2, 0.25) is 0 Å². The van der Waals surface area contributed by atoms with Gasteiger partial charge < -0.3 is 45.1 Å². The van der Waals surface area contributed by atoms with Crippen molar-refractivity contribution in [2.75, 3.05) is 25.5 Å². The summed E-state index contributed by atoms with van der Waals surface area (Å²) in [7, 11) is 1.27. The van der Waals surface area contributed by atoms with Gasteiger partial charge in [-0.15, -0.1) is 0 Å². The van der Waals surface area contributed by atoms with Gasteiger partial charge in [0.2, 0.25) is 5.91 Å². The van der Waals surface area contributed by atoms with E-state index in [1.54, 1.807) is 35.2 Å². The Morgan fingerprint density at radius 3 is 2.11 bits per heavy atom. The second kappa shape index (κ2) is 18.2.